The molecule has 3 N–H and O–H groups in total. The molecule has 0 saturated carbocycles. The van der Waals surface area contributed by atoms with Gasteiger partial charge in [0.1, 0.15) is 40.4 Å². The van der Waals surface area contributed by atoms with Crippen molar-refractivity contribution in [3.05, 3.63) is 107 Å². The first kappa shape index (κ1) is 26.2. The molecular weight excluding hydrogens is 562 g/mol. The van der Waals surface area contributed by atoms with E-state index >= 15 is 0 Å². The number of fused-ring (bicyclic) bond motifs is 3. The van der Waals surface area contributed by atoms with Gasteiger partial charge in [-0.3, -0.25) is 9.44 Å². The zero-order valence-corrected chi connectivity index (χ0v) is 20.9. The van der Waals surface area contributed by atoms with Gasteiger partial charge in [0.25, 0.3) is 20.0 Å². The van der Waals surface area contributed by atoms with Crippen LogP contribution in [0.25, 0.3) is 11.1 Å². The summed E-state index contributed by atoms with van der Waals surface area (Å²) in [6, 6.07) is 12.8. The summed E-state index contributed by atoms with van der Waals surface area (Å²) >= 11 is 0. The maximum absolute atomic E-state index is 14.0. The van der Waals surface area contributed by atoms with E-state index in [2.05, 4.69) is 5.16 Å². The van der Waals surface area contributed by atoms with E-state index in [9.17, 15) is 39.6 Å². The van der Waals surface area contributed by atoms with Crippen LogP contribution in [0.15, 0.2) is 87.7 Å². The minimum absolute atomic E-state index is 0.0760. The van der Waals surface area contributed by atoms with Gasteiger partial charge in [-0.25, -0.2) is 34.4 Å². The molecule has 200 valence electrons. The molecule has 0 aliphatic heterocycles. The number of anilines is 2. The summed E-state index contributed by atoms with van der Waals surface area (Å²) < 4.78 is 111. The van der Waals surface area contributed by atoms with Crippen LogP contribution in [0.1, 0.15) is 11.1 Å². The monoisotopic (exact) mass is 577 g/mol. The lowest BCUT2D eigenvalue weighted by Crippen LogP contribution is -2.16. The molecular formula is C25H15F4N3O5S2. The molecule has 8 nitrogen and oxygen atoms in total. The van der Waals surface area contributed by atoms with Gasteiger partial charge in [-0.1, -0.05) is 29.4 Å². The predicted molar refractivity (Wildman–Crippen MR) is 134 cm³/mol. The minimum atomic E-state index is -4.52. The normalized spacial score (nSPS) is 12.6. The highest BCUT2D eigenvalue weighted by Crippen LogP contribution is 2.40. The summed E-state index contributed by atoms with van der Waals surface area (Å²) in [5, 5.41) is 12.9. The van der Waals surface area contributed by atoms with Gasteiger partial charge in [-0.15, -0.1) is 0 Å². The Labute approximate surface area is 219 Å². The van der Waals surface area contributed by atoms with Crippen molar-refractivity contribution in [1.82, 2.24) is 0 Å². The molecule has 0 atom stereocenters. The Morgan fingerprint density at radius 2 is 0.923 bits per heavy atom. The van der Waals surface area contributed by atoms with Crippen LogP contribution >= 0.6 is 0 Å². The van der Waals surface area contributed by atoms with Crippen molar-refractivity contribution in [2.45, 2.75) is 9.79 Å². The van der Waals surface area contributed by atoms with Gasteiger partial charge in [0.15, 0.2) is 0 Å². The fourth-order valence-electron chi connectivity index (χ4n) is 4.07. The quantitative estimate of drug-likeness (QED) is 0.148. The van der Waals surface area contributed by atoms with E-state index in [1.807, 2.05) is 9.44 Å². The fraction of sp³-hybridized carbons (Fsp3) is 0. The van der Waals surface area contributed by atoms with Gasteiger partial charge < -0.3 is 5.21 Å². The average Bonchev–Trinajstić information content (AvgIpc) is 3.21. The fourth-order valence-corrected chi connectivity index (χ4v) is 6.28. The maximum Gasteiger partial charge on any atom is 0.262 e. The molecule has 0 radical (unpaired) electrons. The van der Waals surface area contributed by atoms with Crippen molar-refractivity contribution in [2.75, 3.05) is 9.44 Å². The molecule has 0 bridgehead atoms. The third-order valence-electron chi connectivity index (χ3n) is 5.90. The van der Waals surface area contributed by atoms with Crippen molar-refractivity contribution in [3.63, 3.8) is 0 Å². The van der Waals surface area contributed by atoms with Gasteiger partial charge in [-0.05, 0) is 59.7 Å². The second kappa shape index (κ2) is 9.39. The van der Waals surface area contributed by atoms with Crippen LogP contribution in [-0.4, -0.2) is 27.8 Å². The highest BCUT2D eigenvalue weighted by Gasteiger charge is 2.30. The highest BCUT2D eigenvalue weighted by atomic mass is 32.2. The molecule has 0 amide bonds. The lowest BCUT2D eigenvalue weighted by molar-refractivity contribution is 0.320. The van der Waals surface area contributed by atoms with Crippen LogP contribution in [0.5, 0.6) is 0 Å². The van der Waals surface area contributed by atoms with Gasteiger partial charge in [0.2, 0.25) is 0 Å². The zero-order valence-electron chi connectivity index (χ0n) is 19.3. The minimum Gasteiger partial charge on any atom is -0.410 e. The number of benzene rings is 4. The molecule has 39 heavy (non-hydrogen) atoms. The van der Waals surface area contributed by atoms with E-state index < -0.39 is 64.5 Å². The van der Waals surface area contributed by atoms with Crippen LogP contribution < -0.4 is 9.44 Å². The van der Waals surface area contributed by atoms with Crippen LogP contribution in [0.4, 0.5) is 28.9 Å². The molecule has 14 heteroatoms. The summed E-state index contributed by atoms with van der Waals surface area (Å²) in [4.78, 5) is -0.857. The Morgan fingerprint density at radius 3 is 1.26 bits per heavy atom. The Bertz CT molecular complexity index is 1740. The second-order valence-electron chi connectivity index (χ2n) is 8.27. The summed E-state index contributed by atoms with van der Waals surface area (Å²) in [6.45, 7) is 0. The van der Waals surface area contributed by atoms with Gasteiger partial charge in [0.05, 0.1) is 9.79 Å². The van der Waals surface area contributed by atoms with Crippen LogP contribution in [0.3, 0.4) is 0 Å². The van der Waals surface area contributed by atoms with Crippen LogP contribution in [0.2, 0.25) is 0 Å². The van der Waals surface area contributed by atoms with Crippen molar-refractivity contribution in [2.24, 2.45) is 5.16 Å². The number of halogens is 4. The van der Waals surface area contributed by atoms with Crippen molar-refractivity contribution < 1.29 is 39.6 Å². The second-order valence-corrected chi connectivity index (χ2v) is 11.6. The molecule has 0 saturated heterocycles. The van der Waals surface area contributed by atoms with Crippen LogP contribution in [0, 0.1) is 23.3 Å². The Kier molecular flexibility index (Phi) is 6.31. The Balaban J connectivity index is 1.52. The van der Waals surface area contributed by atoms with E-state index in [0.29, 0.717) is 11.1 Å². The maximum atomic E-state index is 14.0. The number of hydrogen-bond donors (Lipinski definition) is 3. The molecule has 0 aromatic heterocycles. The van der Waals surface area contributed by atoms with Gasteiger partial charge in [-0.2, -0.15) is 0 Å². The molecule has 1 aliphatic rings. The number of sulfonamides is 2. The number of hydrogen-bond acceptors (Lipinski definition) is 6. The van der Waals surface area contributed by atoms with Crippen LogP contribution in [-0.2, 0) is 20.0 Å². The largest absolute Gasteiger partial charge is 0.410 e. The molecule has 0 unspecified atom stereocenters. The van der Waals surface area contributed by atoms with Gasteiger partial charge >= 0.3 is 0 Å². The number of para-hydroxylation sites is 2. The summed E-state index contributed by atoms with van der Waals surface area (Å²) in [6.07, 6.45) is 0. The lowest BCUT2D eigenvalue weighted by atomic mass is 10.1. The third kappa shape index (κ3) is 4.57. The summed E-state index contributed by atoms with van der Waals surface area (Å²) in [5.41, 5.74) is -1.09. The summed E-state index contributed by atoms with van der Waals surface area (Å²) in [7, 11) is -9.03. The molecule has 0 spiro atoms. The first-order valence-corrected chi connectivity index (χ1v) is 13.8. The first-order valence-electron chi connectivity index (χ1n) is 10.9. The smallest absolute Gasteiger partial charge is 0.262 e. The molecule has 0 heterocycles. The first-order chi connectivity index (χ1) is 18.4. The van der Waals surface area contributed by atoms with E-state index in [-0.39, 0.29) is 16.8 Å². The Morgan fingerprint density at radius 1 is 0.564 bits per heavy atom. The molecule has 0 fully saturated rings. The number of rotatable bonds is 6. The average molecular weight is 578 g/mol. The van der Waals surface area contributed by atoms with Crippen molar-refractivity contribution >= 4 is 37.1 Å². The van der Waals surface area contributed by atoms with E-state index in [1.165, 1.54) is 12.1 Å². The van der Waals surface area contributed by atoms with Crippen molar-refractivity contribution in [1.29, 1.82) is 0 Å². The highest BCUT2D eigenvalue weighted by molar-refractivity contribution is 7.93. The Hall–Kier alpha value is -4.43. The molecule has 1 aliphatic carbocycles. The molecule has 5 rings (SSSR count). The number of nitrogens with one attached hydrogen (secondary N) is 2. The van der Waals surface area contributed by atoms with Gasteiger partial charge in [0, 0.05) is 11.1 Å². The van der Waals surface area contributed by atoms with Crippen molar-refractivity contribution in [3.8, 4) is 11.1 Å². The topological polar surface area (TPSA) is 125 Å². The van der Waals surface area contributed by atoms with E-state index in [4.69, 9.17) is 0 Å². The number of nitrogens with zero attached hydrogens (tertiary/aromatic N) is 1. The predicted octanol–water partition coefficient (Wildman–Crippen LogP) is 5.05. The van der Waals surface area contributed by atoms with E-state index in [1.54, 1.807) is 0 Å². The van der Waals surface area contributed by atoms with E-state index in [0.717, 1.165) is 60.7 Å². The number of oxime groups is 1. The molecule has 4 aromatic carbocycles. The molecule has 4 aromatic rings. The SMILES string of the molecule is O=S(=O)(Nc1c(F)cccc1F)c1ccc2c(c1)C(=NO)c1cc(S(=O)(=O)Nc3c(F)cccc3F)ccc1-2. The standard InChI is InChI=1S/C25H15F4N3O5S2/c26-19-3-1-4-20(27)24(19)31-38(34,35)13-7-9-15-16-10-8-14(12-18(16)23(30-33)17(15)11-13)39(36,37)32-25-21(28)5-2-6-22(25)29/h1-12,31-33H. The zero-order chi connectivity index (χ0) is 28.1. The third-order valence-corrected chi connectivity index (χ3v) is 8.60. The lowest BCUT2D eigenvalue weighted by Gasteiger charge is -2.11. The summed E-state index contributed by atoms with van der Waals surface area (Å²) in [5.74, 6) is -4.55.